The van der Waals surface area contributed by atoms with Gasteiger partial charge in [0.05, 0.1) is 28.5 Å². The molecular weight excluding hydrogens is 437 g/mol. The van der Waals surface area contributed by atoms with Gasteiger partial charge < -0.3 is 14.5 Å². The molecule has 0 bridgehead atoms. The summed E-state index contributed by atoms with van der Waals surface area (Å²) in [4.78, 5) is 17.8. The van der Waals surface area contributed by atoms with Crippen molar-refractivity contribution in [3.63, 3.8) is 0 Å². The van der Waals surface area contributed by atoms with E-state index in [0.29, 0.717) is 39.7 Å². The number of fused-ring (bicyclic) bond motifs is 1. The molecule has 2 aliphatic heterocycles. The van der Waals surface area contributed by atoms with Gasteiger partial charge in [0.25, 0.3) is 5.91 Å². The summed E-state index contributed by atoms with van der Waals surface area (Å²) in [5, 5.41) is 11.9. The molecular formula is C23H21Cl2N3O3. The number of hydrogen-bond acceptors (Lipinski definition) is 5. The number of para-hydroxylation sites is 2. The number of carbonyl (C=O) groups excluding carboxylic acids is 1. The molecule has 1 N–H and O–H groups in total. The van der Waals surface area contributed by atoms with Crippen LogP contribution >= 0.6 is 23.2 Å². The molecule has 1 amide bonds. The van der Waals surface area contributed by atoms with Gasteiger partial charge in [-0.05, 0) is 43.2 Å². The Morgan fingerprint density at radius 3 is 2.61 bits per heavy atom. The van der Waals surface area contributed by atoms with Crippen molar-refractivity contribution in [3.05, 3.63) is 76.1 Å². The van der Waals surface area contributed by atoms with Crippen molar-refractivity contribution < 1.29 is 14.7 Å². The van der Waals surface area contributed by atoms with E-state index in [-0.39, 0.29) is 12.5 Å². The predicted molar refractivity (Wildman–Crippen MR) is 121 cm³/mol. The fourth-order valence-corrected chi connectivity index (χ4v) is 4.33. The second kappa shape index (κ2) is 8.11. The zero-order valence-corrected chi connectivity index (χ0v) is 18.2. The van der Waals surface area contributed by atoms with Crippen LogP contribution in [0, 0.1) is 0 Å². The zero-order chi connectivity index (χ0) is 21.5. The molecule has 2 heterocycles. The highest BCUT2D eigenvalue weighted by molar-refractivity contribution is 6.34. The Kier molecular flexibility index (Phi) is 5.30. The van der Waals surface area contributed by atoms with Crippen LogP contribution in [0.2, 0.25) is 10.0 Å². The van der Waals surface area contributed by atoms with Gasteiger partial charge in [0, 0.05) is 36.4 Å². The number of hydrogen-bond donors (Lipinski definition) is 1. The molecule has 8 heteroatoms. The van der Waals surface area contributed by atoms with Crippen LogP contribution in [0.5, 0.6) is 5.75 Å². The average molecular weight is 458 g/mol. The van der Waals surface area contributed by atoms with Crippen LogP contribution in [0.3, 0.4) is 0 Å². The molecule has 0 unspecified atom stereocenters. The monoisotopic (exact) mass is 457 g/mol. The Balaban J connectivity index is 1.50. The third-order valence-electron chi connectivity index (χ3n) is 5.67. The molecule has 0 saturated heterocycles. The van der Waals surface area contributed by atoms with Crippen LogP contribution in [0.4, 0.5) is 11.4 Å². The van der Waals surface area contributed by atoms with Crippen molar-refractivity contribution in [1.29, 1.82) is 0 Å². The maximum atomic E-state index is 13.6. The maximum Gasteiger partial charge on any atom is 0.260 e. The molecule has 0 aromatic heterocycles. The minimum absolute atomic E-state index is 0.00780. The maximum absolute atomic E-state index is 13.6. The van der Waals surface area contributed by atoms with Crippen molar-refractivity contribution in [2.24, 2.45) is 0 Å². The van der Waals surface area contributed by atoms with Gasteiger partial charge in [0.15, 0.2) is 0 Å². The minimum atomic E-state index is -0.209. The van der Waals surface area contributed by atoms with E-state index in [0.717, 1.165) is 23.0 Å². The molecule has 5 rings (SSSR count). The Morgan fingerprint density at radius 1 is 1.06 bits per heavy atom. The standard InChI is InChI=1S/C23H21Cl2N3O3/c24-15-5-8-18(25)22(13-15)31-21-9-10-26(30)14-17(21)23(29)28-12-11-27(16-6-7-16)19-3-1-2-4-20(19)28/h1-5,8-10,13,16,30H,6-7,11-12,14H2. The largest absolute Gasteiger partial charge is 0.455 e. The summed E-state index contributed by atoms with van der Waals surface area (Å²) in [5.41, 5.74) is 2.28. The van der Waals surface area contributed by atoms with Crippen molar-refractivity contribution in [2.75, 3.05) is 29.4 Å². The van der Waals surface area contributed by atoms with E-state index in [4.69, 9.17) is 27.9 Å². The van der Waals surface area contributed by atoms with Crippen molar-refractivity contribution in [1.82, 2.24) is 5.06 Å². The fourth-order valence-electron chi connectivity index (χ4n) is 4.01. The van der Waals surface area contributed by atoms with Crippen LogP contribution in [0.25, 0.3) is 0 Å². The molecule has 3 aliphatic rings. The summed E-state index contributed by atoms with van der Waals surface area (Å²) >= 11 is 12.3. The van der Waals surface area contributed by atoms with Gasteiger partial charge in [0.1, 0.15) is 11.5 Å². The molecule has 31 heavy (non-hydrogen) atoms. The molecule has 1 saturated carbocycles. The number of benzene rings is 2. The number of hydroxylamine groups is 2. The van der Waals surface area contributed by atoms with Gasteiger partial charge in [0.2, 0.25) is 0 Å². The first-order chi connectivity index (χ1) is 15.0. The molecule has 2 aromatic carbocycles. The van der Waals surface area contributed by atoms with Gasteiger partial charge >= 0.3 is 0 Å². The summed E-state index contributed by atoms with van der Waals surface area (Å²) in [6.45, 7) is 1.35. The molecule has 6 nitrogen and oxygen atoms in total. The first kappa shape index (κ1) is 20.2. The van der Waals surface area contributed by atoms with Gasteiger partial charge in [-0.15, -0.1) is 0 Å². The van der Waals surface area contributed by atoms with Crippen LogP contribution in [0.15, 0.2) is 66.1 Å². The zero-order valence-electron chi connectivity index (χ0n) is 16.7. The lowest BCUT2D eigenvalue weighted by Crippen LogP contribution is -2.46. The highest BCUT2D eigenvalue weighted by Crippen LogP contribution is 2.40. The lowest BCUT2D eigenvalue weighted by molar-refractivity contribution is -0.117. The molecule has 0 atom stereocenters. The van der Waals surface area contributed by atoms with Crippen molar-refractivity contribution >= 4 is 40.5 Å². The number of halogens is 2. The summed E-state index contributed by atoms with van der Waals surface area (Å²) in [6, 6.07) is 13.4. The van der Waals surface area contributed by atoms with Crippen LogP contribution < -0.4 is 14.5 Å². The highest BCUT2D eigenvalue weighted by atomic mass is 35.5. The molecule has 0 spiro atoms. The minimum Gasteiger partial charge on any atom is -0.455 e. The van der Waals surface area contributed by atoms with Gasteiger partial charge in [-0.2, -0.15) is 0 Å². The molecule has 1 fully saturated rings. The van der Waals surface area contributed by atoms with Crippen LogP contribution in [0.1, 0.15) is 12.8 Å². The topological polar surface area (TPSA) is 56.2 Å². The number of anilines is 2. The van der Waals surface area contributed by atoms with Crippen LogP contribution in [-0.2, 0) is 4.79 Å². The summed E-state index contributed by atoms with van der Waals surface area (Å²) in [6.07, 6.45) is 5.38. The summed E-state index contributed by atoms with van der Waals surface area (Å²) in [5.74, 6) is 0.477. The van der Waals surface area contributed by atoms with Gasteiger partial charge in [-0.25, -0.2) is 0 Å². The van der Waals surface area contributed by atoms with E-state index in [1.54, 1.807) is 29.2 Å². The van der Waals surface area contributed by atoms with Crippen molar-refractivity contribution in [2.45, 2.75) is 18.9 Å². The number of ether oxygens (including phenoxy) is 1. The highest BCUT2D eigenvalue weighted by Gasteiger charge is 2.37. The third kappa shape index (κ3) is 3.99. The average Bonchev–Trinajstić information content (AvgIpc) is 3.61. The lowest BCUT2D eigenvalue weighted by atomic mass is 10.1. The second-order valence-corrected chi connectivity index (χ2v) is 8.65. The Bertz CT molecular complexity index is 1100. The number of carbonyl (C=O) groups is 1. The number of rotatable bonds is 4. The first-order valence-electron chi connectivity index (χ1n) is 10.2. The Labute approximate surface area is 190 Å². The Morgan fingerprint density at radius 2 is 1.84 bits per heavy atom. The quantitative estimate of drug-likeness (QED) is 0.710. The Hall–Kier alpha value is -2.67. The van der Waals surface area contributed by atoms with Crippen LogP contribution in [-0.4, -0.2) is 41.9 Å². The normalized spacial score (nSPS) is 18.4. The third-order valence-corrected chi connectivity index (χ3v) is 6.21. The van der Waals surface area contributed by atoms with E-state index in [1.165, 1.54) is 19.0 Å². The summed E-state index contributed by atoms with van der Waals surface area (Å²) < 4.78 is 5.98. The summed E-state index contributed by atoms with van der Waals surface area (Å²) in [7, 11) is 0. The second-order valence-electron chi connectivity index (χ2n) is 7.80. The van der Waals surface area contributed by atoms with Crippen molar-refractivity contribution in [3.8, 4) is 5.75 Å². The number of nitrogens with zero attached hydrogens (tertiary/aromatic N) is 3. The molecule has 160 valence electrons. The predicted octanol–water partition coefficient (Wildman–Crippen LogP) is 4.86. The van der Waals surface area contributed by atoms with Gasteiger partial charge in [-0.1, -0.05) is 35.3 Å². The molecule has 1 aliphatic carbocycles. The smallest absolute Gasteiger partial charge is 0.260 e. The number of allylic oxidation sites excluding steroid dienone is 1. The van der Waals surface area contributed by atoms with E-state index in [1.807, 2.05) is 18.2 Å². The first-order valence-corrected chi connectivity index (χ1v) is 10.9. The van der Waals surface area contributed by atoms with E-state index >= 15 is 0 Å². The number of amides is 1. The molecule has 0 radical (unpaired) electrons. The molecule has 2 aromatic rings. The van der Waals surface area contributed by atoms with Gasteiger partial charge in [-0.3, -0.25) is 15.1 Å². The van der Waals surface area contributed by atoms with E-state index < -0.39 is 0 Å². The van der Waals surface area contributed by atoms with E-state index in [2.05, 4.69) is 11.0 Å². The van der Waals surface area contributed by atoms with E-state index in [9.17, 15) is 10.0 Å². The lowest BCUT2D eigenvalue weighted by Gasteiger charge is -2.38. The SMILES string of the molecule is O=C(C1=C(Oc2cc(Cl)ccc2Cl)C=CN(O)C1)N1CCN(C2CC2)c2ccccc21. The fraction of sp³-hybridized carbons (Fsp3) is 0.261.